The van der Waals surface area contributed by atoms with Crippen LogP contribution in [0.5, 0.6) is 0 Å². The number of aliphatic imine (C=N–C) groups is 1. The number of halogens is 2. The molecule has 1 aromatic rings. The van der Waals surface area contributed by atoms with Crippen molar-refractivity contribution in [3.8, 4) is 0 Å². The fraction of sp³-hybridized carbons (Fsp3) is 0.421. The molecular weight excluding hydrogens is 419 g/mol. The van der Waals surface area contributed by atoms with Gasteiger partial charge in [-0.1, -0.05) is 29.3 Å². The lowest BCUT2D eigenvalue weighted by Gasteiger charge is -2.08. The van der Waals surface area contributed by atoms with E-state index in [4.69, 9.17) is 28.9 Å². The van der Waals surface area contributed by atoms with Crippen molar-refractivity contribution in [2.75, 3.05) is 0 Å². The van der Waals surface area contributed by atoms with Gasteiger partial charge in [0.2, 0.25) is 23.7 Å². The minimum atomic E-state index is -0.502. The molecule has 10 heteroatoms. The number of unbranched alkanes of at least 4 members (excludes halogenated alkanes) is 1. The van der Waals surface area contributed by atoms with Gasteiger partial charge in [-0.05, 0) is 37.0 Å². The third-order valence-corrected chi connectivity index (χ3v) is 5.07. The first-order chi connectivity index (χ1) is 13.8. The predicted molar refractivity (Wildman–Crippen MR) is 110 cm³/mol. The first kappa shape index (κ1) is 22.8. The topological polar surface area (TPSA) is 131 Å². The Morgan fingerprint density at radius 2 is 1.83 bits per heavy atom. The number of carbonyl (C=O) groups is 4. The summed E-state index contributed by atoms with van der Waals surface area (Å²) in [6.07, 6.45) is 2.12. The van der Waals surface area contributed by atoms with E-state index in [-0.39, 0.29) is 36.9 Å². The highest BCUT2D eigenvalue weighted by Crippen LogP contribution is 2.24. The second-order valence-corrected chi connectivity index (χ2v) is 7.46. The zero-order valence-corrected chi connectivity index (χ0v) is 17.2. The summed E-state index contributed by atoms with van der Waals surface area (Å²) < 4.78 is 0. The summed E-state index contributed by atoms with van der Waals surface area (Å²) >= 11 is 12.0. The molecule has 0 unspecified atom stereocenters. The van der Waals surface area contributed by atoms with Crippen LogP contribution >= 0.6 is 23.2 Å². The number of amides is 3. The average Bonchev–Trinajstić information content (AvgIpc) is 3.08. The Bertz CT molecular complexity index is 821. The van der Waals surface area contributed by atoms with Gasteiger partial charge in [0.1, 0.15) is 0 Å². The zero-order valence-electron chi connectivity index (χ0n) is 15.7. The van der Waals surface area contributed by atoms with Crippen molar-refractivity contribution < 1.29 is 19.2 Å². The van der Waals surface area contributed by atoms with Crippen molar-refractivity contribution >= 4 is 52.7 Å². The Morgan fingerprint density at radius 1 is 1.17 bits per heavy atom. The van der Waals surface area contributed by atoms with Gasteiger partial charge < -0.3 is 11.1 Å². The van der Waals surface area contributed by atoms with Crippen LogP contribution in [0, 0.1) is 0 Å². The summed E-state index contributed by atoms with van der Waals surface area (Å²) in [5, 5.41) is 5.65. The van der Waals surface area contributed by atoms with E-state index in [1.54, 1.807) is 18.2 Å². The molecule has 4 N–H and O–H groups in total. The molecule has 1 saturated heterocycles. The van der Waals surface area contributed by atoms with Crippen LogP contribution in [0.1, 0.15) is 44.1 Å². The number of nitrogens with two attached hydrogens (primary N) is 1. The molecule has 1 heterocycles. The Morgan fingerprint density at radius 3 is 2.45 bits per heavy atom. The molecule has 1 aliphatic heterocycles. The summed E-state index contributed by atoms with van der Waals surface area (Å²) in [6.45, 7) is 0. The highest BCUT2D eigenvalue weighted by atomic mass is 35.5. The SMILES string of the molecule is NC(=NC(=O)CCCCC(=O)[C@@H]1CCC(=O)N1)NC(=O)Cc1c(Cl)cccc1Cl. The largest absolute Gasteiger partial charge is 0.369 e. The molecule has 1 fully saturated rings. The highest BCUT2D eigenvalue weighted by molar-refractivity contribution is 6.36. The van der Waals surface area contributed by atoms with E-state index in [2.05, 4.69) is 15.6 Å². The summed E-state index contributed by atoms with van der Waals surface area (Å²) in [5.41, 5.74) is 6.04. The fourth-order valence-corrected chi connectivity index (χ4v) is 3.40. The van der Waals surface area contributed by atoms with Crippen LogP contribution in [0.3, 0.4) is 0 Å². The number of carbonyl (C=O) groups excluding carboxylic acids is 4. The third-order valence-electron chi connectivity index (χ3n) is 4.36. The smallest absolute Gasteiger partial charge is 0.248 e. The van der Waals surface area contributed by atoms with E-state index >= 15 is 0 Å². The van der Waals surface area contributed by atoms with Crippen LogP contribution in [0.15, 0.2) is 23.2 Å². The van der Waals surface area contributed by atoms with Gasteiger partial charge in [-0.25, -0.2) is 0 Å². The highest BCUT2D eigenvalue weighted by Gasteiger charge is 2.26. The Hall–Kier alpha value is -2.45. The molecule has 2 rings (SSSR count). The molecule has 156 valence electrons. The molecule has 29 heavy (non-hydrogen) atoms. The molecule has 0 saturated carbocycles. The number of benzene rings is 1. The second kappa shape index (κ2) is 10.9. The summed E-state index contributed by atoms with van der Waals surface area (Å²) in [7, 11) is 0. The summed E-state index contributed by atoms with van der Waals surface area (Å²) in [4.78, 5) is 50.5. The van der Waals surface area contributed by atoms with E-state index in [0.29, 0.717) is 41.3 Å². The fourth-order valence-electron chi connectivity index (χ4n) is 2.87. The van der Waals surface area contributed by atoms with Crippen LogP contribution in [-0.2, 0) is 25.6 Å². The molecule has 3 amide bonds. The van der Waals surface area contributed by atoms with Gasteiger partial charge in [-0.15, -0.1) is 0 Å². The number of nitrogens with one attached hydrogen (secondary N) is 2. The Kier molecular flexibility index (Phi) is 8.60. The van der Waals surface area contributed by atoms with E-state index < -0.39 is 17.9 Å². The van der Waals surface area contributed by atoms with Crippen LogP contribution in [0.4, 0.5) is 0 Å². The monoisotopic (exact) mass is 440 g/mol. The summed E-state index contributed by atoms with van der Waals surface area (Å²) in [6, 6.07) is 4.48. The standard InChI is InChI=1S/C19H22Cl2N4O4/c20-12-4-3-5-13(21)11(12)10-18(29)25-19(22)24-16(27)7-2-1-6-15(26)14-8-9-17(28)23-14/h3-5,14H,1-2,6-10H2,(H,23,28)(H3,22,24,25,27,29)/t14-/m0/s1. The lowest BCUT2D eigenvalue weighted by atomic mass is 10.0. The lowest BCUT2D eigenvalue weighted by Crippen LogP contribution is -2.38. The van der Waals surface area contributed by atoms with Gasteiger partial charge in [0.25, 0.3) is 0 Å². The summed E-state index contributed by atoms with van der Waals surface area (Å²) in [5.74, 6) is -1.45. The van der Waals surface area contributed by atoms with E-state index in [1.165, 1.54) is 0 Å². The first-order valence-electron chi connectivity index (χ1n) is 9.18. The van der Waals surface area contributed by atoms with Crippen LogP contribution in [0.2, 0.25) is 10.0 Å². The number of Topliss-reactive ketones (excluding diaryl/α,β-unsaturated/α-hetero) is 1. The van der Waals surface area contributed by atoms with Crippen LogP contribution in [0.25, 0.3) is 0 Å². The first-order valence-corrected chi connectivity index (χ1v) is 9.93. The lowest BCUT2D eigenvalue weighted by molar-refractivity contribution is -0.124. The second-order valence-electron chi connectivity index (χ2n) is 6.65. The molecule has 0 aromatic heterocycles. The van der Waals surface area contributed by atoms with E-state index in [1.807, 2.05) is 0 Å². The van der Waals surface area contributed by atoms with Gasteiger partial charge in [-0.2, -0.15) is 4.99 Å². The number of hydrogen-bond donors (Lipinski definition) is 3. The van der Waals surface area contributed by atoms with Gasteiger partial charge in [0.15, 0.2) is 5.78 Å². The van der Waals surface area contributed by atoms with Gasteiger partial charge in [-0.3, -0.25) is 24.5 Å². The Labute approximate surface area is 178 Å². The maximum absolute atomic E-state index is 12.0. The van der Waals surface area contributed by atoms with Crippen molar-refractivity contribution in [1.29, 1.82) is 0 Å². The van der Waals surface area contributed by atoms with Crippen molar-refractivity contribution in [3.05, 3.63) is 33.8 Å². The number of guanidine groups is 1. The average molecular weight is 441 g/mol. The van der Waals surface area contributed by atoms with E-state index in [9.17, 15) is 19.2 Å². The number of nitrogens with zero attached hydrogens (tertiary/aromatic N) is 1. The molecule has 8 nitrogen and oxygen atoms in total. The van der Waals surface area contributed by atoms with Crippen molar-refractivity contribution in [2.24, 2.45) is 10.7 Å². The minimum Gasteiger partial charge on any atom is -0.369 e. The van der Waals surface area contributed by atoms with Crippen molar-refractivity contribution in [3.63, 3.8) is 0 Å². The number of ketones is 1. The molecule has 1 aromatic carbocycles. The molecule has 0 spiro atoms. The molecule has 0 radical (unpaired) electrons. The van der Waals surface area contributed by atoms with Crippen LogP contribution < -0.4 is 16.4 Å². The van der Waals surface area contributed by atoms with E-state index in [0.717, 1.165) is 0 Å². The van der Waals surface area contributed by atoms with Crippen molar-refractivity contribution in [2.45, 2.75) is 51.0 Å². The number of hydrogen-bond acceptors (Lipinski definition) is 4. The molecule has 0 aliphatic carbocycles. The molecular formula is C19H22Cl2N4O4. The quantitative estimate of drug-likeness (QED) is 0.322. The maximum Gasteiger partial charge on any atom is 0.248 e. The number of rotatable bonds is 8. The zero-order chi connectivity index (χ0) is 21.4. The van der Waals surface area contributed by atoms with Crippen LogP contribution in [-0.4, -0.2) is 35.5 Å². The molecule has 1 aliphatic rings. The maximum atomic E-state index is 12.0. The normalized spacial score (nSPS) is 16.4. The molecule has 1 atom stereocenters. The van der Waals surface area contributed by atoms with Gasteiger partial charge in [0, 0.05) is 29.3 Å². The van der Waals surface area contributed by atoms with Gasteiger partial charge in [0.05, 0.1) is 12.5 Å². The Balaban J connectivity index is 1.70. The minimum absolute atomic E-state index is 0.0307. The van der Waals surface area contributed by atoms with Gasteiger partial charge >= 0.3 is 0 Å². The predicted octanol–water partition coefficient (Wildman–Crippen LogP) is 1.90. The third kappa shape index (κ3) is 7.47. The molecule has 0 bridgehead atoms. The van der Waals surface area contributed by atoms with Crippen molar-refractivity contribution in [1.82, 2.24) is 10.6 Å².